The van der Waals surface area contributed by atoms with Gasteiger partial charge in [-0.3, -0.25) is 0 Å². The molecule has 0 aliphatic heterocycles. The van der Waals surface area contributed by atoms with E-state index < -0.39 is 0 Å². The van der Waals surface area contributed by atoms with Crippen molar-refractivity contribution in [3.05, 3.63) is 0 Å². The summed E-state index contributed by atoms with van der Waals surface area (Å²) in [5.74, 6) is 0.937. The predicted molar refractivity (Wildman–Crippen MR) is 28.9 cm³/mol. The molecule has 0 heterocycles. The van der Waals surface area contributed by atoms with Crippen molar-refractivity contribution >= 4 is 0 Å². The summed E-state index contributed by atoms with van der Waals surface area (Å²) in [5, 5.41) is 0. The lowest BCUT2D eigenvalue weighted by molar-refractivity contribution is 0.645. The fourth-order valence-electron chi connectivity index (χ4n) is 1.77. The highest BCUT2D eigenvalue weighted by Gasteiger charge is 2.53. The standard InChI is InChI=1S/C6H11N/c7-6-3-1-2-5(6)4-6/h5H,1-4,7H2. The van der Waals surface area contributed by atoms with Gasteiger partial charge in [-0.05, 0) is 25.2 Å². The van der Waals surface area contributed by atoms with Crippen molar-refractivity contribution in [3.63, 3.8) is 0 Å². The topological polar surface area (TPSA) is 26.0 Å². The molecule has 0 radical (unpaired) electrons. The van der Waals surface area contributed by atoms with Crippen LogP contribution in [-0.4, -0.2) is 5.54 Å². The average molecular weight is 97.2 g/mol. The molecule has 2 saturated carbocycles. The predicted octanol–water partition coefficient (Wildman–Crippen LogP) is 0.888. The molecule has 0 spiro atoms. The maximum Gasteiger partial charge on any atom is 0.0186 e. The molecule has 2 aliphatic rings. The van der Waals surface area contributed by atoms with Gasteiger partial charge in [0.1, 0.15) is 0 Å². The molecular weight excluding hydrogens is 86.1 g/mol. The molecule has 40 valence electrons. The van der Waals surface area contributed by atoms with Crippen LogP contribution in [0, 0.1) is 5.92 Å². The summed E-state index contributed by atoms with van der Waals surface area (Å²) in [7, 11) is 0. The van der Waals surface area contributed by atoms with E-state index in [2.05, 4.69) is 0 Å². The van der Waals surface area contributed by atoms with Crippen LogP contribution in [0.5, 0.6) is 0 Å². The second kappa shape index (κ2) is 0.873. The van der Waals surface area contributed by atoms with Gasteiger partial charge < -0.3 is 5.73 Å². The van der Waals surface area contributed by atoms with E-state index in [9.17, 15) is 0 Å². The van der Waals surface area contributed by atoms with E-state index in [1.165, 1.54) is 25.7 Å². The lowest BCUT2D eigenvalue weighted by Gasteiger charge is -1.97. The highest BCUT2D eigenvalue weighted by Crippen LogP contribution is 2.53. The van der Waals surface area contributed by atoms with Crippen LogP contribution in [0.1, 0.15) is 25.7 Å². The van der Waals surface area contributed by atoms with Gasteiger partial charge in [-0.15, -0.1) is 0 Å². The highest BCUT2D eigenvalue weighted by molar-refractivity contribution is 5.11. The van der Waals surface area contributed by atoms with Gasteiger partial charge in [0.25, 0.3) is 0 Å². The quantitative estimate of drug-likeness (QED) is 0.477. The van der Waals surface area contributed by atoms with Gasteiger partial charge in [0.2, 0.25) is 0 Å². The maximum atomic E-state index is 5.85. The van der Waals surface area contributed by atoms with Gasteiger partial charge in [-0.2, -0.15) is 0 Å². The van der Waals surface area contributed by atoms with Crippen LogP contribution >= 0.6 is 0 Å². The molecule has 2 rings (SSSR count). The minimum Gasteiger partial charge on any atom is -0.325 e. The van der Waals surface area contributed by atoms with Gasteiger partial charge >= 0.3 is 0 Å². The van der Waals surface area contributed by atoms with Gasteiger partial charge in [0, 0.05) is 5.54 Å². The summed E-state index contributed by atoms with van der Waals surface area (Å²) in [5.41, 5.74) is 6.21. The van der Waals surface area contributed by atoms with Crippen molar-refractivity contribution in [1.29, 1.82) is 0 Å². The Bertz CT molecular complexity index is 98.4. The van der Waals surface area contributed by atoms with Gasteiger partial charge in [-0.1, -0.05) is 6.42 Å². The molecule has 0 bridgehead atoms. The Morgan fingerprint density at radius 3 is 2.57 bits per heavy atom. The Labute approximate surface area is 43.9 Å². The summed E-state index contributed by atoms with van der Waals surface area (Å²) in [6.45, 7) is 0. The second-order valence-electron chi connectivity index (χ2n) is 3.03. The Morgan fingerprint density at radius 1 is 1.57 bits per heavy atom. The second-order valence-corrected chi connectivity index (χ2v) is 3.03. The number of nitrogens with two attached hydrogens (primary N) is 1. The van der Waals surface area contributed by atoms with E-state index in [1.807, 2.05) is 0 Å². The van der Waals surface area contributed by atoms with E-state index in [1.54, 1.807) is 0 Å². The first-order valence-corrected chi connectivity index (χ1v) is 3.10. The molecule has 0 saturated heterocycles. The lowest BCUT2D eigenvalue weighted by Crippen LogP contribution is -2.20. The summed E-state index contributed by atoms with van der Waals surface area (Å²) >= 11 is 0. The summed E-state index contributed by atoms with van der Waals surface area (Å²) in [6, 6.07) is 0. The van der Waals surface area contributed by atoms with E-state index >= 15 is 0 Å². The molecule has 1 heteroatoms. The van der Waals surface area contributed by atoms with Crippen LogP contribution in [0.3, 0.4) is 0 Å². The summed E-state index contributed by atoms with van der Waals surface area (Å²) in [6.07, 6.45) is 5.43. The molecule has 0 aromatic carbocycles. The zero-order chi connectivity index (χ0) is 4.91. The molecule has 2 atom stereocenters. The highest BCUT2D eigenvalue weighted by atomic mass is 14.9. The van der Waals surface area contributed by atoms with Crippen LogP contribution in [0.2, 0.25) is 0 Å². The molecule has 0 aromatic rings. The minimum atomic E-state index is 0.361. The smallest absolute Gasteiger partial charge is 0.0186 e. The van der Waals surface area contributed by atoms with E-state index in [4.69, 9.17) is 5.73 Å². The van der Waals surface area contributed by atoms with Crippen LogP contribution in [0.25, 0.3) is 0 Å². The van der Waals surface area contributed by atoms with Gasteiger partial charge in [-0.25, -0.2) is 0 Å². The monoisotopic (exact) mass is 97.1 g/mol. The zero-order valence-corrected chi connectivity index (χ0v) is 4.48. The fraction of sp³-hybridized carbons (Fsp3) is 1.00. The largest absolute Gasteiger partial charge is 0.325 e. The van der Waals surface area contributed by atoms with Crippen LogP contribution in [-0.2, 0) is 0 Å². The summed E-state index contributed by atoms with van der Waals surface area (Å²) in [4.78, 5) is 0. The third-order valence-electron chi connectivity index (χ3n) is 2.47. The molecule has 2 N–H and O–H groups in total. The maximum absolute atomic E-state index is 5.85. The van der Waals surface area contributed by atoms with Crippen LogP contribution in [0.4, 0.5) is 0 Å². The van der Waals surface area contributed by atoms with E-state index in [0.29, 0.717) is 5.54 Å². The molecule has 1 nitrogen and oxygen atoms in total. The van der Waals surface area contributed by atoms with Crippen molar-refractivity contribution in [2.45, 2.75) is 31.2 Å². The van der Waals surface area contributed by atoms with Crippen molar-refractivity contribution in [2.75, 3.05) is 0 Å². The first kappa shape index (κ1) is 3.90. The van der Waals surface area contributed by atoms with Gasteiger partial charge in [0.15, 0.2) is 0 Å². The van der Waals surface area contributed by atoms with Gasteiger partial charge in [0.05, 0.1) is 0 Å². The Morgan fingerprint density at radius 2 is 2.43 bits per heavy atom. The first-order chi connectivity index (χ1) is 3.31. The third kappa shape index (κ3) is 0.367. The normalized spacial score (nSPS) is 57.0. The molecule has 0 amide bonds. The minimum absolute atomic E-state index is 0.361. The molecule has 0 aromatic heterocycles. The molecule has 2 fully saturated rings. The Kier molecular flexibility index (Phi) is 0.487. The number of fused-ring (bicyclic) bond motifs is 1. The van der Waals surface area contributed by atoms with Crippen LogP contribution in [0.15, 0.2) is 0 Å². The first-order valence-electron chi connectivity index (χ1n) is 3.10. The van der Waals surface area contributed by atoms with Crippen molar-refractivity contribution < 1.29 is 0 Å². The SMILES string of the molecule is NC12CCCC1C2. The van der Waals surface area contributed by atoms with Crippen molar-refractivity contribution in [1.82, 2.24) is 0 Å². The Hall–Kier alpha value is -0.0400. The fourth-order valence-corrected chi connectivity index (χ4v) is 1.77. The van der Waals surface area contributed by atoms with Crippen LogP contribution < -0.4 is 5.73 Å². The third-order valence-corrected chi connectivity index (χ3v) is 2.47. The number of rotatable bonds is 0. The summed E-state index contributed by atoms with van der Waals surface area (Å²) < 4.78 is 0. The van der Waals surface area contributed by atoms with Crippen molar-refractivity contribution in [3.8, 4) is 0 Å². The number of hydrogen-bond acceptors (Lipinski definition) is 1. The zero-order valence-electron chi connectivity index (χ0n) is 4.48. The average Bonchev–Trinajstić information content (AvgIpc) is 2.09. The van der Waals surface area contributed by atoms with E-state index in [0.717, 1.165) is 5.92 Å². The molecule has 2 aliphatic carbocycles. The molecule has 2 unspecified atom stereocenters. The Balaban J connectivity index is 2.17. The van der Waals surface area contributed by atoms with E-state index in [-0.39, 0.29) is 0 Å². The molecular formula is C6H11N. The van der Waals surface area contributed by atoms with Crippen molar-refractivity contribution in [2.24, 2.45) is 11.7 Å². The number of hydrogen-bond donors (Lipinski definition) is 1. The lowest BCUT2D eigenvalue weighted by atomic mass is 10.2. The molecule has 7 heavy (non-hydrogen) atoms.